The Balaban J connectivity index is 2.00. The molecule has 0 radical (unpaired) electrons. The summed E-state index contributed by atoms with van der Waals surface area (Å²) in [5, 5.41) is 0. The Morgan fingerprint density at radius 3 is 2.72 bits per heavy atom. The second kappa shape index (κ2) is 7.97. The molecule has 29 heavy (non-hydrogen) atoms. The van der Waals surface area contributed by atoms with E-state index in [0.29, 0.717) is 22.7 Å². The summed E-state index contributed by atoms with van der Waals surface area (Å²) in [5.74, 6) is -0.380. The zero-order valence-corrected chi connectivity index (χ0v) is 18.0. The molecule has 0 saturated carbocycles. The van der Waals surface area contributed by atoms with E-state index in [0.717, 1.165) is 29.8 Å². The Hall–Kier alpha value is -2.69. The zero-order valence-electron chi connectivity index (χ0n) is 18.0. The predicted molar refractivity (Wildman–Crippen MR) is 116 cm³/mol. The average Bonchev–Trinajstić information content (AvgIpc) is 2.66. The van der Waals surface area contributed by atoms with Crippen LogP contribution in [0, 0.1) is 12.7 Å². The molecule has 2 aromatic carbocycles. The van der Waals surface area contributed by atoms with Gasteiger partial charge in [-0.3, -0.25) is 4.99 Å². The second-order valence-electron chi connectivity index (χ2n) is 8.35. The minimum Gasteiger partial charge on any atom is -0.465 e. The highest BCUT2D eigenvalue weighted by molar-refractivity contribution is 5.91. The molecule has 1 aliphatic rings. The lowest BCUT2D eigenvalue weighted by molar-refractivity contribution is 0.0600. The Bertz CT molecular complexity index is 966. The number of halogens is 1. The van der Waals surface area contributed by atoms with Crippen LogP contribution in [0.1, 0.15) is 67.1 Å². The number of hydrogen-bond donors (Lipinski definition) is 0. The van der Waals surface area contributed by atoms with Crippen molar-refractivity contribution in [2.45, 2.75) is 52.5 Å². The third-order valence-corrected chi connectivity index (χ3v) is 5.79. The van der Waals surface area contributed by atoms with Crippen molar-refractivity contribution >= 4 is 23.6 Å². The van der Waals surface area contributed by atoms with Gasteiger partial charge in [0.15, 0.2) is 0 Å². The molecule has 0 N–H and O–H groups in total. The molecule has 1 unspecified atom stereocenters. The molecule has 2 aromatic rings. The van der Waals surface area contributed by atoms with E-state index < -0.39 is 5.97 Å². The Morgan fingerprint density at radius 1 is 1.34 bits per heavy atom. The van der Waals surface area contributed by atoms with Gasteiger partial charge in [-0.25, -0.2) is 9.18 Å². The van der Waals surface area contributed by atoms with Gasteiger partial charge in [-0.2, -0.15) is 0 Å². The lowest BCUT2D eigenvalue weighted by atomic mass is 9.79. The number of benzene rings is 2. The van der Waals surface area contributed by atoms with E-state index in [1.807, 2.05) is 19.1 Å². The normalized spacial score (nSPS) is 18.0. The lowest BCUT2D eigenvalue weighted by Crippen LogP contribution is -2.48. The van der Waals surface area contributed by atoms with Crippen molar-refractivity contribution in [2.24, 2.45) is 4.99 Å². The second-order valence-corrected chi connectivity index (χ2v) is 8.35. The summed E-state index contributed by atoms with van der Waals surface area (Å²) < 4.78 is 19.7. The minimum atomic E-state index is -0.419. The first-order valence-corrected chi connectivity index (χ1v) is 10.0. The van der Waals surface area contributed by atoms with Crippen LogP contribution in [0.2, 0.25) is 0 Å². The van der Waals surface area contributed by atoms with Gasteiger partial charge >= 0.3 is 5.97 Å². The van der Waals surface area contributed by atoms with Crippen LogP contribution in [0.4, 0.5) is 15.8 Å². The van der Waals surface area contributed by atoms with Crippen LogP contribution in [-0.4, -0.2) is 31.4 Å². The number of hydrogen-bond acceptors (Lipinski definition) is 4. The number of ether oxygens (including phenoxy) is 1. The van der Waals surface area contributed by atoms with Gasteiger partial charge in [0.2, 0.25) is 0 Å². The summed E-state index contributed by atoms with van der Waals surface area (Å²) in [4.78, 5) is 18.5. The molecule has 0 aliphatic carbocycles. The number of anilines is 1. The number of carbonyl (C=O) groups is 1. The molecule has 154 valence electrons. The van der Waals surface area contributed by atoms with Crippen molar-refractivity contribution in [3.8, 4) is 0 Å². The van der Waals surface area contributed by atoms with Crippen LogP contribution < -0.4 is 4.90 Å². The van der Waals surface area contributed by atoms with E-state index in [1.165, 1.54) is 7.11 Å². The third-order valence-electron chi connectivity index (χ3n) is 5.79. The molecular formula is C24H29FN2O2. The summed E-state index contributed by atoms with van der Waals surface area (Å²) in [6.07, 6.45) is 2.55. The van der Waals surface area contributed by atoms with Crippen molar-refractivity contribution in [3.63, 3.8) is 0 Å². The molecule has 3 rings (SSSR count). The highest BCUT2D eigenvalue weighted by Crippen LogP contribution is 2.43. The van der Waals surface area contributed by atoms with Gasteiger partial charge in [0, 0.05) is 29.5 Å². The molecule has 0 spiro atoms. The fraction of sp³-hybridized carbons (Fsp3) is 0.417. The maximum atomic E-state index is 14.9. The molecule has 0 bridgehead atoms. The number of esters is 1. The van der Waals surface area contributed by atoms with Crippen LogP contribution in [0.15, 0.2) is 35.3 Å². The number of aryl methyl sites for hydroxylation is 1. The van der Waals surface area contributed by atoms with E-state index in [1.54, 1.807) is 24.4 Å². The van der Waals surface area contributed by atoms with Crippen LogP contribution >= 0.6 is 0 Å². The molecular weight excluding hydrogens is 367 g/mol. The number of carbonyl (C=O) groups excluding carboxylic acids is 1. The minimum absolute atomic E-state index is 0.00531. The lowest BCUT2D eigenvalue weighted by Gasteiger charge is -2.47. The molecule has 0 fully saturated rings. The van der Waals surface area contributed by atoms with Gasteiger partial charge < -0.3 is 9.64 Å². The highest BCUT2D eigenvalue weighted by Gasteiger charge is 2.36. The van der Waals surface area contributed by atoms with Gasteiger partial charge in [-0.05, 0) is 75.4 Å². The first kappa shape index (κ1) is 21.0. The third kappa shape index (κ3) is 4.04. The molecule has 0 amide bonds. The van der Waals surface area contributed by atoms with Crippen LogP contribution in [-0.2, 0) is 4.74 Å². The van der Waals surface area contributed by atoms with E-state index in [4.69, 9.17) is 4.74 Å². The van der Waals surface area contributed by atoms with Crippen molar-refractivity contribution in [3.05, 3.63) is 58.4 Å². The van der Waals surface area contributed by atoms with E-state index >= 15 is 0 Å². The Kier molecular flexibility index (Phi) is 5.78. The number of aliphatic imine (C=N–C) groups is 1. The maximum absolute atomic E-state index is 14.9. The van der Waals surface area contributed by atoms with Gasteiger partial charge in [0.25, 0.3) is 0 Å². The zero-order chi connectivity index (χ0) is 21.3. The van der Waals surface area contributed by atoms with Gasteiger partial charge in [-0.15, -0.1) is 0 Å². The van der Waals surface area contributed by atoms with Crippen molar-refractivity contribution in [1.29, 1.82) is 0 Å². The summed E-state index contributed by atoms with van der Waals surface area (Å²) in [7, 11) is 1.34. The van der Waals surface area contributed by atoms with Gasteiger partial charge in [0.05, 0.1) is 18.4 Å². The van der Waals surface area contributed by atoms with Gasteiger partial charge in [0.1, 0.15) is 5.82 Å². The average molecular weight is 397 g/mol. The van der Waals surface area contributed by atoms with Crippen molar-refractivity contribution in [2.75, 3.05) is 18.6 Å². The smallest absolute Gasteiger partial charge is 0.337 e. The number of nitrogens with zero attached hydrogens (tertiary/aromatic N) is 2. The van der Waals surface area contributed by atoms with Crippen molar-refractivity contribution < 1.29 is 13.9 Å². The van der Waals surface area contributed by atoms with Crippen molar-refractivity contribution in [1.82, 2.24) is 0 Å². The molecule has 0 aromatic heterocycles. The first-order chi connectivity index (χ1) is 13.7. The Labute approximate surface area is 172 Å². The molecule has 1 aliphatic heterocycles. The summed E-state index contributed by atoms with van der Waals surface area (Å²) in [6, 6.07) is 8.72. The summed E-state index contributed by atoms with van der Waals surface area (Å²) in [6.45, 7) is 11.4. The Morgan fingerprint density at radius 2 is 2.07 bits per heavy atom. The molecule has 4 nitrogen and oxygen atoms in total. The van der Waals surface area contributed by atoms with Crippen LogP contribution in [0.3, 0.4) is 0 Å². The monoisotopic (exact) mass is 396 g/mol. The van der Waals surface area contributed by atoms with E-state index in [2.05, 4.69) is 37.6 Å². The molecule has 1 heterocycles. The standard InChI is InChI=1S/C24H29FN2O2/c1-7-27-22-12-20(25)18(10-19(22)16(3)13-24(27,4)5)14-26-21-11-17(23(28)29-6)9-8-15(21)2/h8-12,14,16H,7,13H2,1-6H3. The molecule has 0 saturated heterocycles. The summed E-state index contributed by atoms with van der Waals surface area (Å²) in [5.41, 5.74) is 4.51. The maximum Gasteiger partial charge on any atom is 0.337 e. The quantitative estimate of drug-likeness (QED) is 0.486. The SMILES string of the molecule is CCN1c2cc(F)c(C=Nc3cc(C(=O)OC)ccc3C)cc2C(C)CC1(C)C. The van der Waals surface area contributed by atoms with E-state index in [9.17, 15) is 9.18 Å². The first-order valence-electron chi connectivity index (χ1n) is 10.0. The topological polar surface area (TPSA) is 41.9 Å². The molecule has 5 heteroatoms. The fourth-order valence-corrected chi connectivity index (χ4v) is 4.35. The summed E-state index contributed by atoms with van der Waals surface area (Å²) >= 11 is 0. The number of fused-ring (bicyclic) bond motifs is 1. The van der Waals surface area contributed by atoms with E-state index in [-0.39, 0.29) is 11.4 Å². The number of rotatable bonds is 4. The molecule has 1 atom stereocenters. The van der Waals surface area contributed by atoms with Gasteiger partial charge in [-0.1, -0.05) is 13.0 Å². The highest BCUT2D eigenvalue weighted by atomic mass is 19.1. The van der Waals surface area contributed by atoms with Crippen LogP contribution in [0.25, 0.3) is 0 Å². The largest absolute Gasteiger partial charge is 0.465 e. The predicted octanol–water partition coefficient (Wildman–Crippen LogP) is 5.78. The number of methoxy groups -OCH3 is 1. The van der Waals surface area contributed by atoms with Crippen LogP contribution in [0.5, 0.6) is 0 Å². The fourth-order valence-electron chi connectivity index (χ4n) is 4.35.